The maximum atomic E-state index is 11.6. The van der Waals surface area contributed by atoms with E-state index >= 15 is 0 Å². The Morgan fingerprint density at radius 3 is 1.94 bits per heavy atom. The van der Waals surface area contributed by atoms with Gasteiger partial charge in [-0.2, -0.15) is 0 Å². The van der Waals surface area contributed by atoms with Crippen molar-refractivity contribution >= 4 is 35.1 Å². The Bertz CT molecular complexity index is 841. The van der Waals surface area contributed by atoms with Gasteiger partial charge >= 0.3 is 17.9 Å². The van der Waals surface area contributed by atoms with Gasteiger partial charge in [-0.15, -0.1) is 11.6 Å². The largest absolute Gasteiger partial charge is 0.463 e. The zero-order valence-corrected chi connectivity index (χ0v) is 19.7. The van der Waals surface area contributed by atoms with E-state index in [1.54, 1.807) is 6.92 Å². The normalized spacial score (nSPS) is 10.5. The first-order chi connectivity index (χ1) is 15.0. The van der Waals surface area contributed by atoms with E-state index in [9.17, 15) is 14.4 Å². The van der Waals surface area contributed by atoms with Crippen LogP contribution in [0.1, 0.15) is 32.8 Å². The highest BCUT2D eigenvalue weighted by molar-refractivity contribution is 6.23. The van der Waals surface area contributed by atoms with Crippen molar-refractivity contribution in [2.45, 2.75) is 33.3 Å². The summed E-state index contributed by atoms with van der Waals surface area (Å²) in [5, 5.41) is 0. The molecule has 1 aromatic rings. The van der Waals surface area contributed by atoms with Crippen LogP contribution in [-0.2, 0) is 28.6 Å². The third-order valence-electron chi connectivity index (χ3n) is 3.75. The highest BCUT2D eigenvalue weighted by Gasteiger charge is 2.22. The minimum Gasteiger partial charge on any atom is -0.463 e. The van der Waals surface area contributed by atoms with Crippen molar-refractivity contribution < 1.29 is 28.6 Å². The van der Waals surface area contributed by atoms with E-state index in [1.807, 2.05) is 30.3 Å². The van der Waals surface area contributed by atoms with E-state index in [4.69, 9.17) is 25.8 Å². The summed E-state index contributed by atoms with van der Waals surface area (Å²) in [6, 6.07) is 9.95. The van der Waals surface area contributed by atoms with Crippen molar-refractivity contribution in [1.82, 2.24) is 0 Å². The Hall–Kier alpha value is -3.12. The van der Waals surface area contributed by atoms with Gasteiger partial charge in [0.25, 0.3) is 0 Å². The van der Waals surface area contributed by atoms with Crippen molar-refractivity contribution in [2.24, 2.45) is 0 Å². The van der Waals surface area contributed by atoms with Gasteiger partial charge in [-0.05, 0) is 31.9 Å². The lowest BCUT2D eigenvalue weighted by molar-refractivity contribution is -0.154. The molecule has 0 saturated heterocycles. The molecule has 1 atom stereocenters. The van der Waals surface area contributed by atoms with Gasteiger partial charge in [0.15, 0.2) is 0 Å². The molecule has 1 rings (SSSR count). The highest BCUT2D eigenvalue weighted by atomic mass is 35.5. The number of rotatable bonds is 11. The topological polar surface area (TPSA) is 78.9 Å². The van der Waals surface area contributed by atoms with Crippen molar-refractivity contribution in [2.75, 3.05) is 19.1 Å². The molecule has 0 N–H and O–H groups in total. The first-order valence-electron chi connectivity index (χ1n) is 9.86. The van der Waals surface area contributed by atoms with E-state index in [2.05, 4.69) is 26.3 Å². The minimum absolute atomic E-state index is 0.0126. The minimum atomic E-state index is -0.857. The summed E-state index contributed by atoms with van der Waals surface area (Å²) in [5.41, 5.74) is 2.62. The zero-order chi connectivity index (χ0) is 24.7. The molecule has 0 fully saturated rings. The Morgan fingerprint density at radius 2 is 1.47 bits per heavy atom. The first-order valence-corrected chi connectivity index (χ1v) is 10.4. The molecular weight excluding hydrogens is 432 g/mol. The lowest BCUT2D eigenvalue weighted by Crippen LogP contribution is -2.27. The second kappa shape index (κ2) is 15.6. The quantitative estimate of drug-likeness (QED) is 0.198. The van der Waals surface area contributed by atoms with Crippen molar-refractivity contribution in [3.05, 3.63) is 78.9 Å². The molecule has 0 bridgehead atoms. The Kier molecular flexibility index (Phi) is 14.1. The number of carbonyl (C=O) groups is 3. The Morgan fingerprint density at radius 1 is 0.906 bits per heavy atom. The van der Waals surface area contributed by atoms with Crippen LogP contribution >= 0.6 is 11.6 Å². The number of alkyl halides is 1. The molecule has 0 saturated carbocycles. The van der Waals surface area contributed by atoms with Gasteiger partial charge in [-0.25, -0.2) is 14.4 Å². The van der Waals surface area contributed by atoms with Gasteiger partial charge in [0.1, 0.15) is 12.7 Å². The van der Waals surface area contributed by atoms with E-state index in [-0.39, 0.29) is 36.4 Å². The van der Waals surface area contributed by atoms with Crippen LogP contribution in [0.3, 0.4) is 0 Å². The molecule has 0 amide bonds. The zero-order valence-electron chi connectivity index (χ0n) is 18.9. The summed E-state index contributed by atoms with van der Waals surface area (Å²) in [7, 11) is 0. The number of allylic oxidation sites excluding steroid dienone is 1. The van der Waals surface area contributed by atoms with E-state index < -0.39 is 24.0 Å². The van der Waals surface area contributed by atoms with Crippen LogP contribution in [0.15, 0.2) is 73.4 Å². The number of hydrogen-bond acceptors (Lipinski definition) is 6. The monoisotopic (exact) mass is 462 g/mol. The average molecular weight is 463 g/mol. The third kappa shape index (κ3) is 11.9. The number of carbonyl (C=O) groups excluding carboxylic acids is 3. The smallest absolute Gasteiger partial charge is 0.333 e. The molecule has 0 radical (unpaired) electrons. The van der Waals surface area contributed by atoms with Crippen LogP contribution in [0.5, 0.6) is 0 Å². The maximum Gasteiger partial charge on any atom is 0.333 e. The average Bonchev–Trinajstić information content (AvgIpc) is 2.77. The van der Waals surface area contributed by atoms with Gasteiger partial charge in [-0.1, -0.05) is 56.6 Å². The van der Waals surface area contributed by atoms with Crippen LogP contribution in [0.25, 0.3) is 5.57 Å². The molecule has 1 aromatic carbocycles. The fourth-order valence-corrected chi connectivity index (χ4v) is 2.18. The first kappa shape index (κ1) is 28.9. The van der Waals surface area contributed by atoms with Gasteiger partial charge in [0.05, 0.1) is 6.61 Å². The number of ether oxygens (including phenoxy) is 3. The second-order valence-electron chi connectivity index (χ2n) is 6.82. The maximum absolute atomic E-state index is 11.6. The second-order valence-corrected chi connectivity index (χ2v) is 7.09. The molecule has 0 aliphatic carbocycles. The molecule has 0 aromatic heterocycles. The molecule has 7 heteroatoms. The number of esters is 3. The van der Waals surface area contributed by atoms with Gasteiger partial charge < -0.3 is 14.2 Å². The molecule has 0 heterocycles. The predicted molar refractivity (Wildman–Crippen MR) is 127 cm³/mol. The van der Waals surface area contributed by atoms with Crippen LogP contribution in [0, 0.1) is 0 Å². The fraction of sp³-hybridized carbons (Fsp3) is 0.320. The lowest BCUT2D eigenvalue weighted by atomic mass is 10.1. The molecule has 1 unspecified atom stereocenters. The van der Waals surface area contributed by atoms with E-state index in [0.29, 0.717) is 5.88 Å². The summed E-state index contributed by atoms with van der Waals surface area (Å²) >= 11 is 5.59. The summed E-state index contributed by atoms with van der Waals surface area (Å²) in [6.07, 6.45) is -0.870. The SMILES string of the molecule is C=C(C)C(=O)OCC(CC(=C)C(=O)OCC)OC(=O)C(=C)C.C=C(CCl)c1ccccc1. The van der Waals surface area contributed by atoms with Crippen LogP contribution < -0.4 is 0 Å². The summed E-state index contributed by atoms with van der Waals surface area (Å²) in [5.74, 6) is -1.35. The van der Waals surface area contributed by atoms with E-state index in [0.717, 1.165) is 11.1 Å². The van der Waals surface area contributed by atoms with E-state index in [1.165, 1.54) is 13.8 Å². The Labute approximate surface area is 195 Å². The summed E-state index contributed by atoms with van der Waals surface area (Å²) in [6.45, 7) is 18.9. The molecular formula is C25H31ClO6. The summed E-state index contributed by atoms with van der Waals surface area (Å²) in [4.78, 5) is 34.5. The molecule has 0 aliphatic heterocycles. The lowest BCUT2D eigenvalue weighted by Gasteiger charge is -2.18. The van der Waals surface area contributed by atoms with Gasteiger partial charge in [-0.3, -0.25) is 0 Å². The molecule has 6 nitrogen and oxygen atoms in total. The standard InChI is InChI=1S/C16H22O6.C9H9Cl/c1-7-20-16(19)12(6)8-13(22-15(18)11(4)5)9-21-14(17)10(2)3;1-8(7-10)9-5-3-2-4-6-9/h13H,2,4,6-9H2,1,3,5H3;2-6H,1,7H2. The Balaban J connectivity index is 0.000000792. The van der Waals surface area contributed by atoms with Crippen molar-refractivity contribution in [3.8, 4) is 0 Å². The highest BCUT2D eigenvalue weighted by Crippen LogP contribution is 2.13. The number of benzene rings is 1. The predicted octanol–water partition coefficient (Wildman–Crippen LogP) is 5.04. The van der Waals surface area contributed by atoms with Crippen LogP contribution in [0.4, 0.5) is 0 Å². The number of halogens is 1. The summed E-state index contributed by atoms with van der Waals surface area (Å²) < 4.78 is 14.9. The third-order valence-corrected chi connectivity index (χ3v) is 4.08. The van der Waals surface area contributed by atoms with Gasteiger partial charge in [0, 0.05) is 29.0 Å². The molecule has 32 heavy (non-hydrogen) atoms. The van der Waals surface area contributed by atoms with Crippen LogP contribution in [0.2, 0.25) is 0 Å². The molecule has 0 spiro atoms. The van der Waals surface area contributed by atoms with Crippen molar-refractivity contribution in [3.63, 3.8) is 0 Å². The van der Waals surface area contributed by atoms with Gasteiger partial charge in [0.2, 0.25) is 0 Å². The molecule has 174 valence electrons. The molecule has 0 aliphatic rings. The number of hydrogen-bond donors (Lipinski definition) is 0. The fourth-order valence-electron chi connectivity index (χ4n) is 2.02. The van der Waals surface area contributed by atoms with Crippen molar-refractivity contribution in [1.29, 1.82) is 0 Å². The van der Waals surface area contributed by atoms with Crippen LogP contribution in [-0.4, -0.2) is 43.1 Å².